The fourth-order valence-electron chi connectivity index (χ4n) is 2.33. The molecule has 0 amide bonds. The number of nitrogens with one attached hydrogen (secondary N) is 2. The van der Waals surface area contributed by atoms with Crippen LogP contribution in [-0.4, -0.2) is 21.1 Å². The van der Waals surface area contributed by atoms with E-state index < -0.39 is 0 Å². The van der Waals surface area contributed by atoms with Gasteiger partial charge in [0, 0.05) is 5.69 Å². The second kappa shape index (κ2) is 6.22. The quantitative estimate of drug-likeness (QED) is 0.389. The number of rotatable bonds is 4. The molecule has 118 valence electrons. The molecule has 0 radical (unpaired) electrons. The van der Waals surface area contributed by atoms with E-state index in [1.165, 1.54) is 5.56 Å². The van der Waals surface area contributed by atoms with Crippen LogP contribution in [0, 0.1) is 23.7 Å². The van der Waals surface area contributed by atoms with Gasteiger partial charge in [-0.3, -0.25) is 15.4 Å². The van der Waals surface area contributed by atoms with Crippen LogP contribution in [0.25, 0.3) is 16.7 Å². The number of fused-ring (bicyclic) bond motifs is 1. The fraction of sp³-hybridized carbons (Fsp3) is 0.0588. The van der Waals surface area contributed by atoms with Crippen LogP contribution in [-0.2, 0) is 0 Å². The highest BCUT2D eigenvalue weighted by Crippen LogP contribution is 2.22. The third kappa shape index (κ3) is 2.94. The molecule has 0 fully saturated rings. The van der Waals surface area contributed by atoms with E-state index in [-0.39, 0.29) is 11.5 Å². The SMILES string of the molecule is Cc1cccc(-n2cnc3cc(N/N=C(\C#N)C(=N)N)ccc32)c1. The van der Waals surface area contributed by atoms with Gasteiger partial charge >= 0.3 is 0 Å². The number of hydrazone groups is 1. The Bertz CT molecular complexity index is 992. The Balaban J connectivity index is 1.94. The van der Waals surface area contributed by atoms with Gasteiger partial charge < -0.3 is 5.73 Å². The van der Waals surface area contributed by atoms with Gasteiger partial charge in [-0.25, -0.2) is 4.98 Å². The van der Waals surface area contributed by atoms with Crippen molar-refractivity contribution in [2.45, 2.75) is 6.92 Å². The zero-order valence-electron chi connectivity index (χ0n) is 13.0. The molecule has 0 bridgehead atoms. The highest BCUT2D eigenvalue weighted by Gasteiger charge is 2.06. The molecule has 24 heavy (non-hydrogen) atoms. The van der Waals surface area contributed by atoms with Crippen molar-refractivity contribution in [3.63, 3.8) is 0 Å². The first-order valence-electron chi connectivity index (χ1n) is 7.21. The fourth-order valence-corrected chi connectivity index (χ4v) is 2.33. The van der Waals surface area contributed by atoms with Crippen molar-refractivity contribution in [1.82, 2.24) is 9.55 Å². The average molecular weight is 317 g/mol. The molecule has 2 aromatic carbocycles. The van der Waals surface area contributed by atoms with E-state index in [2.05, 4.69) is 21.6 Å². The predicted molar refractivity (Wildman–Crippen MR) is 94.4 cm³/mol. The average Bonchev–Trinajstić information content (AvgIpc) is 2.98. The third-order valence-electron chi connectivity index (χ3n) is 3.48. The first-order valence-corrected chi connectivity index (χ1v) is 7.21. The molecule has 0 aliphatic heterocycles. The van der Waals surface area contributed by atoms with Gasteiger partial charge in [-0.2, -0.15) is 10.4 Å². The second-order valence-corrected chi connectivity index (χ2v) is 5.25. The molecule has 3 aromatic rings. The van der Waals surface area contributed by atoms with Crippen LogP contribution in [0.2, 0.25) is 0 Å². The topological polar surface area (TPSA) is 116 Å². The van der Waals surface area contributed by atoms with Gasteiger partial charge in [-0.15, -0.1) is 0 Å². The molecule has 0 aliphatic carbocycles. The summed E-state index contributed by atoms with van der Waals surface area (Å²) < 4.78 is 2.01. The first kappa shape index (κ1) is 15.2. The molecule has 0 atom stereocenters. The van der Waals surface area contributed by atoms with Gasteiger partial charge in [-0.1, -0.05) is 12.1 Å². The number of hydrogen-bond donors (Lipinski definition) is 3. The smallest absolute Gasteiger partial charge is 0.201 e. The number of amidine groups is 1. The number of nitrogens with zero attached hydrogens (tertiary/aromatic N) is 4. The molecule has 1 heterocycles. The number of nitrogens with two attached hydrogens (primary N) is 1. The van der Waals surface area contributed by atoms with E-state index in [4.69, 9.17) is 16.4 Å². The summed E-state index contributed by atoms with van der Waals surface area (Å²) in [7, 11) is 0. The standard InChI is InChI=1S/C17H15N7/c1-11-3-2-4-13(7-11)24-10-21-14-8-12(5-6-16(14)24)22-23-15(9-18)17(19)20/h2-8,10,22H,1H3,(H3,19,20)/b23-15+. The molecule has 4 N–H and O–H groups in total. The van der Waals surface area contributed by atoms with Gasteiger partial charge in [0.05, 0.1) is 16.7 Å². The summed E-state index contributed by atoms with van der Waals surface area (Å²) in [6.45, 7) is 2.05. The second-order valence-electron chi connectivity index (χ2n) is 5.25. The maximum atomic E-state index is 8.84. The lowest BCUT2D eigenvalue weighted by atomic mass is 10.2. The van der Waals surface area contributed by atoms with E-state index >= 15 is 0 Å². The minimum atomic E-state index is -0.380. The first-order chi connectivity index (χ1) is 11.6. The normalized spacial score (nSPS) is 11.2. The van der Waals surface area contributed by atoms with Crippen molar-refractivity contribution in [2.75, 3.05) is 5.43 Å². The molecule has 7 nitrogen and oxygen atoms in total. The summed E-state index contributed by atoms with van der Waals surface area (Å²) >= 11 is 0. The van der Waals surface area contributed by atoms with Crippen molar-refractivity contribution in [3.8, 4) is 11.8 Å². The van der Waals surface area contributed by atoms with E-state index in [1.807, 2.05) is 47.9 Å². The number of imidazole rings is 1. The molecule has 0 spiro atoms. The van der Waals surface area contributed by atoms with Crippen LogP contribution < -0.4 is 11.2 Å². The summed E-state index contributed by atoms with van der Waals surface area (Å²) in [5.74, 6) is -0.380. The largest absolute Gasteiger partial charge is 0.382 e. The zero-order valence-corrected chi connectivity index (χ0v) is 13.0. The minimum absolute atomic E-state index is 0.166. The maximum absolute atomic E-state index is 8.84. The highest BCUT2D eigenvalue weighted by atomic mass is 15.3. The molecule has 0 unspecified atom stereocenters. The molecular formula is C17H15N7. The summed E-state index contributed by atoms with van der Waals surface area (Å²) in [4.78, 5) is 4.41. The summed E-state index contributed by atoms with van der Waals surface area (Å²) in [6.07, 6.45) is 1.77. The number of aryl methyl sites for hydroxylation is 1. The Morgan fingerprint density at radius 2 is 2.17 bits per heavy atom. The van der Waals surface area contributed by atoms with Crippen LogP contribution in [0.3, 0.4) is 0 Å². The predicted octanol–water partition coefficient (Wildman–Crippen LogP) is 2.56. The van der Waals surface area contributed by atoms with Crippen molar-refractivity contribution in [3.05, 3.63) is 54.4 Å². The number of anilines is 1. The minimum Gasteiger partial charge on any atom is -0.382 e. The van der Waals surface area contributed by atoms with Crippen molar-refractivity contribution < 1.29 is 0 Å². The van der Waals surface area contributed by atoms with E-state index in [0.717, 1.165) is 16.7 Å². The lowest BCUT2D eigenvalue weighted by Gasteiger charge is -2.06. The number of hydrogen-bond acceptors (Lipinski definition) is 5. The summed E-state index contributed by atoms with van der Waals surface area (Å²) in [5.41, 5.74) is 12.4. The van der Waals surface area contributed by atoms with Gasteiger partial charge in [0.15, 0.2) is 5.84 Å². The Morgan fingerprint density at radius 3 is 2.88 bits per heavy atom. The van der Waals surface area contributed by atoms with E-state index in [9.17, 15) is 0 Å². The monoisotopic (exact) mass is 317 g/mol. The number of aromatic nitrogens is 2. The van der Waals surface area contributed by atoms with Crippen LogP contribution in [0.4, 0.5) is 5.69 Å². The van der Waals surface area contributed by atoms with E-state index in [1.54, 1.807) is 12.4 Å². The summed E-state index contributed by atoms with van der Waals surface area (Å²) in [5, 5.41) is 19.9. The van der Waals surface area contributed by atoms with Gasteiger partial charge in [-0.05, 0) is 42.8 Å². The van der Waals surface area contributed by atoms with Crippen molar-refractivity contribution >= 4 is 28.3 Å². The lowest BCUT2D eigenvalue weighted by molar-refractivity contribution is 1.09. The van der Waals surface area contributed by atoms with Crippen LogP contribution in [0.1, 0.15) is 5.56 Å². The maximum Gasteiger partial charge on any atom is 0.201 e. The molecule has 1 aromatic heterocycles. The lowest BCUT2D eigenvalue weighted by Crippen LogP contribution is -2.21. The van der Waals surface area contributed by atoms with E-state index in [0.29, 0.717) is 5.69 Å². The van der Waals surface area contributed by atoms with Crippen molar-refractivity contribution in [2.24, 2.45) is 10.8 Å². The molecule has 0 aliphatic rings. The highest BCUT2D eigenvalue weighted by molar-refractivity contribution is 6.45. The molecular weight excluding hydrogens is 302 g/mol. The number of benzene rings is 2. The Hall–Kier alpha value is -3.66. The Kier molecular flexibility index (Phi) is 3.95. The van der Waals surface area contributed by atoms with Gasteiger partial charge in [0.2, 0.25) is 5.71 Å². The Labute approximate surface area is 138 Å². The van der Waals surface area contributed by atoms with Gasteiger partial charge in [0.25, 0.3) is 0 Å². The van der Waals surface area contributed by atoms with Crippen LogP contribution in [0.5, 0.6) is 0 Å². The third-order valence-corrected chi connectivity index (χ3v) is 3.48. The molecule has 7 heteroatoms. The molecule has 0 saturated heterocycles. The van der Waals surface area contributed by atoms with Gasteiger partial charge in [0.1, 0.15) is 12.4 Å². The van der Waals surface area contributed by atoms with Crippen LogP contribution >= 0.6 is 0 Å². The van der Waals surface area contributed by atoms with Crippen molar-refractivity contribution in [1.29, 1.82) is 10.7 Å². The molecule has 3 rings (SSSR count). The summed E-state index contributed by atoms with van der Waals surface area (Å²) in [6, 6.07) is 15.5. The zero-order chi connectivity index (χ0) is 17.1. The number of nitriles is 1. The Morgan fingerprint density at radius 1 is 1.33 bits per heavy atom. The van der Waals surface area contributed by atoms with Crippen LogP contribution in [0.15, 0.2) is 53.9 Å². The molecule has 0 saturated carbocycles.